The first-order valence-electron chi connectivity index (χ1n) is 7.31. The smallest absolute Gasteiger partial charge is 0.320 e. The molecule has 1 aromatic carbocycles. The van der Waals surface area contributed by atoms with Crippen molar-refractivity contribution >= 4 is 11.7 Å². The molecule has 1 aliphatic heterocycles. The second-order valence-corrected chi connectivity index (χ2v) is 5.34. The number of hydrogen-bond acceptors (Lipinski definition) is 3. The molecule has 1 unspecified atom stereocenters. The molecule has 1 N–H and O–H groups in total. The summed E-state index contributed by atoms with van der Waals surface area (Å²) in [7, 11) is 0. The maximum absolute atomic E-state index is 12.4. The molecule has 1 aromatic heterocycles. The molecule has 6 heteroatoms. The second-order valence-electron chi connectivity index (χ2n) is 5.34. The third kappa shape index (κ3) is 3.09. The van der Waals surface area contributed by atoms with Crippen LogP contribution >= 0.6 is 0 Å². The van der Waals surface area contributed by atoms with Gasteiger partial charge in [0.2, 0.25) is 0 Å². The summed E-state index contributed by atoms with van der Waals surface area (Å²) in [6.07, 6.45) is 5.65. The average molecular weight is 295 g/mol. The summed E-state index contributed by atoms with van der Waals surface area (Å²) in [5.74, 6) is 0. The molecule has 0 aliphatic carbocycles. The molecule has 22 heavy (non-hydrogen) atoms. The van der Waals surface area contributed by atoms with Crippen molar-refractivity contribution in [1.82, 2.24) is 14.7 Å². The van der Waals surface area contributed by atoms with Gasteiger partial charge in [0.15, 0.2) is 0 Å². The molecule has 1 atom stereocenters. The zero-order chi connectivity index (χ0) is 15.4. The number of likely N-dealkylation sites (tertiary alicyclic amines) is 1. The van der Waals surface area contributed by atoms with E-state index in [1.165, 1.54) is 0 Å². The van der Waals surface area contributed by atoms with Crippen LogP contribution in [0, 0.1) is 11.3 Å². The third-order valence-electron chi connectivity index (χ3n) is 3.86. The number of carbonyl (C=O) groups excluding carboxylic acids is 1. The number of hydrogen-bond donors (Lipinski definition) is 1. The SMILES string of the molecule is N#Cc1ccc(NC(=O)N2CCCC2Cn2cccn2)cc1. The predicted molar refractivity (Wildman–Crippen MR) is 82.1 cm³/mol. The van der Waals surface area contributed by atoms with Gasteiger partial charge in [0.25, 0.3) is 0 Å². The van der Waals surface area contributed by atoms with Crippen LogP contribution in [0.1, 0.15) is 18.4 Å². The Hall–Kier alpha value is -2.81. The lowest BCUT2D eigenvalue weighted by Crippen LogP contribution is -2.40. The van der Waals surface area contributed by atoms with E-state index in [4.69, 9.17) is 5.26 Å². The van der Waals surface area contributed by atoms with Crippen molar-refractivity contribution in [3.8, 4) is 6.07 Å². The molecular formula is C16H17N5O. The quantitative estimate of drug-likeness (QED) is 0.945. The topological polar surface area (TPSA) is 74.0 Å². The zero-order valence-electron chi connectivity index (χ0n) is 12.1. The van der Waals surface area contributed by atoms with Crippen LogP contribution in [-0.2, 0) is 6.54 Å². The van der Waals surface area contributed by atoms with Crippen molar-refractivity contribution in [2.24, 2.45) is 0 Å². The first-order valence-corrected chi connectivity index (χ1v) is 7.31. The fourth-order valence-corrected chi connectivity index (χ4v) is 2.74. The lowest BCUT2D eigenvalue weighted by Gasteiger charge is -2.25. The molecular weight excluding hydrogens is 278 g/mol. The highest BCUT2D eigenvalue weighted by Gasteiger charge is 2.29. The van der Waals surface area contributed by atoms with Gasteiger partial charge in [-0.1, -0.05) is 0 Å². The van der Waals surface area contributed by atoms with Crippen molar-refractivity contribution in [2.75, 3.05) is 11.9 Å². The van der Waals surface area contributed by atoms with E-state index >= 15 is 0 Å². The molecule has 112 valence electrons. The minimum absolute atomic E-state index is 0.0978. The van der Waals surface area contributed by atoms with Crippen molar-refractivity contribution < 1.29 is 4.79 Å². The number of nitrogens with one attached hydrogen (secondary N) is 1. The minimum atomic E-state index is -0.0978. The van der Waals surface area contributed by atoms with Gasteiger partial charge in [-0.05, 0) is 43.2 Å². The lowest BCUT2D eigenvalue weighted by atomic mass is 10.2. The highest BCUT2D eigenvalue weighted by Crippen LogP contribution is 2.20. The van der Waals surface area contributed by atoms with E-state index < -0.39 is 0 Å². The van der Waals surface area contributed by atoms with Gasteiger partial charge in [-0.15, -0.1) is 0 Å². The molecule has 2 aromatic rings. The fraction of sp³-hybridized carbons (Fsp3) is 0.312. The molecule has 1 fully saturated rings. The van der Waals surface area contributed by atoms with E-state index in [0.29, 0.717) is 17.8 Å². The number of amides is 2. The Morgan fingerprint density at radius 3 is 2.91 bits per heavy atom. The molecule has 1 aliphatic rings. The number of carbonyl (C=O) groups is 1. The molecule has 0 saturated carbocycles. The van der Waals surface area contributed by atoms with Gasteiger partial charge in [0, 0.05) is 24.6 Å². The Balaban J connectivity index is 1.64. The number of anilines is 1. The Labute approximate surface area is 129 Å². The predicted octanol–water partition coefficient (Wildman–Crippen LogP) is 2.45. The summed E-state index contributed by atoms with van der Waals surface area (Å²) in [4.78, 5) is 14.3. The van der Waals surface area contributed by atoms with Gasteiger partial charge >= 0.3 is 6.03 Å². The number of nitrogens with zero attached hydrogens (tertiary/aromatic N) is 4. The van der Waals surface area contributed by atoms with E-state index in [-0.39, 0.29) is 12.1 Å². The van der Waals surface area contributed by atoms with Gasteiger partial charge < -0.3 is 10.2 Å². The van der Waals surface area contributed by atoms with Crippen LogP contribution in [0.5, 0.6) is 0 Å². The molecule has 3 rings (SSSR count). The number of urea groups is 1. The number of nitriles is 1. The van der Waals surface area contributed by atoms with Crippen LogP contribution in [0.4, 0.5) is 10.5 Å². The van der Waals surface area contributed by atoms with E-state index in [2.05, 4.69) is 16.5 Å². The molecule has 2 heterocycles. The summed E-state index contributed by atoms with van der Waals surface area (Å²) in [5, 5.41) is 15.9. The van der Waals surface area contributed by atoms with Gasteiger partial charge in [0.1, 0.15) is 0 Å². The van der Waals surface area contributed by atoms with Crippen LogP contribution in [0.3, 0.4) is 0 Å². The monoisotopic (exact) mass is 295 g/mol. The zero-order valence-corrected chi connectivity index (χ0v) is 12.1. The van der Waals surface area contributed by atoms with Crippen LogP contribution in [0.25, 0.3) is 0 Å². The largest absolute Gasteiger partial charge is 0.322 e. The summed E-state index contributed by atoms with van der Waals surface area (Å²) in [6.45, 7) is 1.47. The molecule has 0 bridgehead atoms. The maximum Gasteiger partial charge on any atom is 0.322 e. The van der Waals surface area contributed by atoms with E-state index in [9.17, 15) is 4.79 Å². The van der Waals surface area contributed by atoms with E-state index in [1.807, 2.05) is 21.8 Å². The Bertz CT molecular complexity index is 672. The Morgan fingerprint density at radius 2 is 2.23 bits per heavy atom. The van der Waals surface area contributed by atoms with Crippen molar-refractivity contribution in [2.45, 2.75) is 25.4 Å². The fourth-order valence-electron chi connectivity index (χ4n) is 2.74. The normalized spacial score (nSPS) is 17.2. The minimum Gasteiger partial charge on any atom is -0.320 e. The molecule has 1 saturated heterocycles. The van der Waals surface area contributed by atoms with E-state index in [0.717, 1.165) is 19.4 Å². The highest BCUT2D eigenvalue weighted by atomic mass is 16.2. The highest BCUT2D eigenvalue weighted by molar-refractivity contribution is 5.89. The van der Waals surface area contributed by atoms with Crippen LogP contribution < -0.4 is 5.32 Å². The molecule has 6 nitrogen and oxygen atoms in total. The van der Waals surface area contributed by atoms with Crippen molar-refractivity contribution in [3.05, 3.63) is 48.3 Å². The first kappa shape index (κ1) is 14.1. The first-order chi connectivity index (χ1) is 10.8. The van der Waals surface area contributed by atoms with E-state index in [1.54, 1.807) is 30.5 Å². The van der Waals surface area contributed by atoms with Crippen LogP contribution in [-0.4, -0.2) is 33.3 Å². The molecule has 2 amide bonds. The average Bonchev–Trinajstić information content (AvgIpc) is 3.20. The Kier molecular flexibility index (Phi) is 4.05. The summed E-state index contributed by atoms with van der Waals surface area (Å²) in [5.41, 5.74) is 1.28. The standard InChI is InChI=1S/C16H17N5O/c17-11-13-4-6-14(7-5-13)19-16(22)21-10-1-3-15(21)12-20-9-2-8-18-20/h2,4-9,15H,1,3,10,12H2,(H,19,22). The van der Waals surface area contributed by atoms with Crippen LogP contribution in [0.2, 0.25) is 0 Å². The molecule has 0 spiro atoms. The van der Waals surface area contributed by atoms with Crippen molar-refractivity contribution in [3.63, 3.8) is 0 Å². The summed E-state index contributed by atoms with van der Waals surface area (Å²) < 4.78 is 1.86. The maximum atomic E-state index is 12.4. The molecule has 0 radical (unpaired) electrons. The second kappa shape index (κ2) is 6.31. The third-order valence-corrected chi connectivity index (χ3v) is 3.86. The summed E-state index contributed by atoms with van der Waals surface area (Å²) >= 11 is 0. The van der Waals surface area contributed by atoms with Gasteiger partial charge in [-0.3, -0.25) is 4.68 Å². The summed E-state index contributed by atoms with van der Waals surface area (Å²) in [6, 6.07) is 10.9. The van der Waals surface area contributed by atoms with Crippen molar-refractivity contribution in [1.29, 1.82) is 5.26 Å². The Morgan fingerprint density at radius 1 is 1.41 bits per heavy atom. The number of rotatable bonds is 3. The van der Waals surface area contributed by atoms with Crippen LogP contribution in [0.15, 0.2) is 42.7 Å². The van der Waals surface area contributed by atoms with Gasteiger partial charge in [-0.2, -0.15) is 10.4 Å². The lowest BCUT2D eigenvalue weighted by molar-refractivity contribution is 0.199. The van der Waals surface area contributed by atoms with Gasteiger partial charge in [-0.25, -0.2) is 4.79 Å². The number of aromatic nitrogens is 2. The number of benzene rings is 1. The van der Waals surface area contributed by atoms with Gasteiger partial charge in [0.05, 0.1) is 24.2 Å².